The van der Waals surface area contributed by atoms with Gasteiger partial charge in [-0.2, -0.15) is 4.98 Å². The number of benzene rings is 1. The van der Waals surface area contributed by atoms with Crippen molar-refractivity contribution in [3.05, 3.63) is 23.9 Å². The summed E-state index contributed by atoms with van der Waals surface area (Å²) in [7, 11) is 1.56. The number of aromatic nitrogens is 3. The molecular weight excluding hydrogens is 264 g/mol. The summed E-state index contributed by atoms with van der Waals surface area (Å²) in [5, 5.41) is 14.9. The topological polar surface area (TPSA) is 86.2 Å². The van der Waals surface area contributed by atoms with Crippen LogP contribution in [0.1, 0.15) is 5.56 Å². The minimum atomic E-state index is 0.111. The number of fused-ring (bicyclic) bond motifs is 1. The maximum atomic E-state index is 10.1. The predicted molar refractivity (Wildman–Crippen MR) is 74.1 cm³/mol. The molecule has 0 saturated carbocycles. The second kappa shape index (κ2) is 4.13. The van der Waals surface area contributed by atoms with E-state index in [9.17, 15) is 5.11 Å². The zero-order chi connectivity index (χ0) is 13.6. The van der Waals surface area contributed by atoms with Gasteiger partial charge in [-0.3, -0.25) is 0 Å². The zero-order valence-corrected chi connectivity index (χ0v) is 11.2. The molecule has 0 saturated heterocycles. The molecule has 0 radical (unpaired) electrons. The molecule has 2 heterocycles. The number of nitrogens with zero attached hydrogens (tertiary/aromatic N) is 3. The molecule has 3 aromatic rings. The van der Waals surface area contributed by atoms with Crippen molar-refractivity contribution in [2.24, 2.45) is 0 Å². The molecule has 0 aliphatic carbocycles. The van der Waals surface area contributed by atoms with E-state index in [1.54, 1.807) is 24.1 Å². The van der Waals surface area contributed by atoms with Gasteiger partial charge in [-0.25, -0.2) is 4.68 Å². The molecule has 1 aromatic carbocycles. The number of nitrogens with two attached hydrogens (primary N) is 1. The largest absolute Gasteiger partial charge is 0.506 e. The van der Waals surface area contributed by atoms with Gasteiger partial charge in [0.25, 0.3) is 0 Å². The normalized spacial score (nSPS) is 11.1. The van der Waals surface area contributed by atoms with E-state index in [1.807, 2.05) is 13.0 Å². The lowest BCUT2D eigenvalue weighted by Gasteiger charge is -2.10. The second-order valence-corrected chi connectivity index (χ2v) is 5.19. The highest BCUT2D eigenvalue weighted by Crippen LogP contribution is 2.32. The number of phenols is 1. The quantitative estimate of drug-likeness (QED) is 0.748. The molecule has 0 aliphatic heterocycles. The zero-order valence-electron chi connectivity index (χ0n) is 10.4. The van der Waals surface area contributed by atoms with E-state index in [2.05, 4.69) is 10.1 Å². The van der Waals surface area contributed by atoms with Crippen molar-refractivity contribution < 1.29 is 9.84 Å². The van der Waals surface area contributed by atoms with E-state index in [0.29, 0.717) is 22.2 Å². The Labute approximate surface area is 113 Å². The Balaban J connectivity index is 2.17. The molecule has 2 aromatic heterocycles. The number of thiazole rings is 1. The van der Waals surface area contributed by atoms with Crippen LogP contribution in [0, 0.1) is 6.92 Å². The Hall–Kier alpha value is -2.28. The average Bonchev–Trinajstić information content (AvgIpc) is 2.84. The molecule has 3 rings (SSSR count). The van der Waals surface area contributed by atoms with Crippen molar-refractivity contribution in [1.82, 2.24) is 14.8 Å². The van der Waals surface area contributed by atoms with Crippen LogP contribution in [0.4, 0.5) is 5.13 Å². The van der Waals surface area contributed by atoms with Crippen LogP contribution in [-0.2, 0) is 0 Å². The molecule has 0 bridgehead atoms. The number of methoxy groups -OCH3 is 1. The van der Waals surface area contributed by atoms with Crippen LogP contribution in [0.2, 0.25) is 0 Å². The first kappa shape index (κ1) is 11.8. The van der Waals surface area contributed by atoms with Gasteiger partial charge in [0, 0.05) is 6.07 Å². The number of hydrogen-bond donors (Lipinski definition) is 2. The fourth-order valence-corrected chi connectivity index (χ4v) is 2.69. The minimum absolute atomic E-state index is 0.111. The Morgan fingerprint density at radius 2 is 2.21 bits per heavy atom. The highest BCUT2D eigenvalue weighted by atomic mass is 32.1. The van der Waals surface area contributed by atoms with Crippen molar-refractivity contribution >= 4 is 26.8 Å². The molecule has 0 atom stereocenters. The summed E-state index contributed by atoms with van der Waals surface area (Å²) in [6.07, 6.45) is 1.80. The van der Waals surface area contributed by atoms with Crippen LogP contribution in [0.25, 0.3) is 16.0 Å². The second-order valence-electron chi connectivity index (χ2n) is 4.13. The monoisotopic (exact) mass is 276 g/mol. The Morgan fingerprint density at radius 1 is 1.42 bits per heavy atom. The third-order valence-corrected chi connectivity index (χ3v) is 3.62. The molecular formula is C12H12N4O2S. The summed E-state index contributed by atoms with van der Waals surface area (Å²) < 4.78 is 7.60. The Morgan fingerprint density at radius 3 is 2.84 bits per heavy atom. The molecule has 0 unspecified atom stereocenters. The fourth-order valence-electron chi connectivity index (χ4n) is 2.00. The maximum absolute atomic E-state index is 10.1. The van der Waals surface area contributed by atoms with Gasteiger partial charge in [-0.15, -0.1) is 5.10 Å². The number of phenolic OH excluding ortho intramolecular Hbond substituents is 1. The van der Waals surface area contributed by atoms with E-state index in [4.69, 9.17) is 10.5 Å². The van der Waals surface area contributed by atoms with E-state index in [0.717, 1.165) is 10.3 Å². The molecule has 7 heteroatoms. The first-order valence-corrected chi connectivity index (χ1v) is 6.40. The van der Waals surface area contributed by atoms with Gasteiger partial charge in [0.2, 0.25) is 0 Å². The number of rotatable bonds is 2. The van der Waals surface area contributed by atoms with Gasteiger partial charge < -0.3 is 15.6 Å². The lowest BCUT2D eigenvalue weighted by Crippen LogP contribution is -1.99. The maximum Gasteiger partial charge on any atom is 0.194 e. The molecule has 19 heavy (non-hydrogen) atoms. The van der Waals surface area contributed by atoms with Crippen LogP contribution in [0.15, 0.2) is 18.3 Å². The number of nitrogen functional groups attached to an aromatic ring is 1. The molecule has 98 valence electrons. The standard InChI is InChI=1S/C12H12N4O2S/c1-6-3-7(18-2)4-8(17)10(6)16-5-9-11(15-16)14-12(13)19-9/h3-5,17H,1-2H3,(H2,13,14,15). The third kappa shape index (κ3) is 1.88. The summed E-state index contributed by atoms with van der Waals surface area (Å²) in [6, 6.07) is 3.40. The number of aryl methyl sites for hydroxylation is 1. The highest BCUT2D eigenvalue weighted by Gasteiger charge is 2.14. The highest BCUT2D eigenvalue weighted by molar-refractivity contribution is 7.21. The van der Waals surface area contributed by atoms with Gasteiger partial charge in [-0.05, 0) is 18.6 Å². The van der Waals surface area contributed by atoms with Gasteiger partial charge in [0.15, 0.2) is 10.8 Å². The summed E-state index contributed by atoms with van der Waals surface area (Å²) in [6.45, 7) is 1.88. The van der Waals surface area contributed by atoms with Crippen LogP contribution in [-0.4, -0.2) is 27.0 Å². The molecule has 6 nitrogen and oxygen atoms in total. The third-order valence-electron chi connectivity index (χ3n) is 2.81. The number of anilines is 1. The number of hydrogen-bond acceptors (Lipinski definition) is 6. The van der Waals surface area contributed by atoms with Gasteiger partial charge in [-0.1, -0.05) is 11.3 Å². The summed E-state index contributed by atoms with van der Waals surface area (Å²) in [5.74, 6) is 0.718. The van der Waals surface area contributed by atoms with Crippen LogP contribution in [0.5, 0.6) is 11.5 Å². The summed E-state index contributed by atoms with van der Waals surface area (Å²) >= 11 is 1.36. The van der Waals surface area contributed by atoms with E-state index < -0.39 is 0 Å². The number of ether oxygens (including phenoxy) is 1. The van der Waals surface area contributed by atoms with Crippen molar-refractivity contribution in [2.45, 2.75) is 6.92 Å². The number of aromatic hydroxyl groups is 1. The van der Waals surface area contributed by atoms with Gasteiger partial charge in [0.1, 0.15) is 17.2 Å². The van der Waals surface area contributed by atoms with E-state index >= 15 is 0 Å². The van der Waals surface area contributed by atoms with Crippen LogP contribution < -0.4 is 10.5 Å². The Bertz CT molecular complexity index is 708. The molecule has 0 amide bonds. The molecule has 0 fully saturated rings. The first-order valence-electron chi connectivity index (χ1n) is 5.58. The average molecular weight is 276 g/mol. The van der Waals surface area contributed by atoms with Gasteiger partial charge >= 0.3 is 0 Å². The van der Waals surface area contributed by atoms with Crippen LogP contribution in [0.3, 0.4) is 0 Å². The molecule has 0 spiro atoms. The van der Waals surface area contributed by atoms with Crippen LogP contribution >= 0.6 is 11.3 Å². The molecule has 0 aliphatic rings. The SMILES string of the molecule is COc1cc(C)c(-n2cc3sc(N)nc3n2)c(O)c1. The summed E-state index contributed by atoms with van der Waals surface area (Å²) in [4.78, 5) is 4.11. The van der Waals surface area contributed by atoms with E-state index in [-0.39, 0.29) is 5.75 Å². The fraction of sp³-hybridized carbons (Fsp3) is 0.167. The van der Waals surface area contributed by atoms with Crippen molar-refractivity contribution in [3.8, 4) is 17.2 Å². The lowest BCUT2D eigenvalue weighted by atomic mass is 10.1. The summed E-state index contributed by atoms with van der Waals surface area (Å²) in [5.41, 5.74) is 7.67. The van der Waals surface area contributed by atoms with Gasteiger partial charge in [0.05, 0.1) is 18.0 Å². The smallest absolute Gasteiger partial charge is 0.194 e. The van der Waals surface area contributed by atoms with Crippen molar-refractivity contribution in [1.29, 1.82) is 0 Å². The molecule has 3 N–H and O–H groups in total. The predicted octanol–water partition coefficient (Wildman–Crippen LogP) is 2.09. The van der Waals surface area contributed by atoms with Crippen molar-refractivity contribution in [3.63, 3.8) is 0 Å². The first-order chi connectivity index (χ1) is 9.08. The Kier molecular flexibility index (Phi) is 2.56. The lowest BCUT2D eigenvalue weighted by molar-refractivity contribution is 0.406. The van der Waals surface area contributed by atoms with E-state index in [1.165, 1.54) is 11.3 Å². The van der Waals surface area contributed by atoms with Crippen molar-refractivity contribution in [2.75, 3.05) is 12.8 Å². The minimum Gasteiger partial charge on any atom is -0.506 e.